The van der Waals surface area contributed by atoms with Crippen LogP contribution in [0.5, 0.6) is 0 Å². The van der Waals surface area contributed by atoms with E-state index < -0.39 is 40.1 Å². The molecule has 10 atom stereocenters. The summed E-state index contributed by atoms with van der Waals surface area (Å²) in [5.41, 5.74) is 5.35. The van der Waals surface area contributed by atoms with Crippen LogP contribution in [0.25, 0.3) is 0 Å². The maximum atomic E-state index is 15.1. The summed E-state index contributed by atoms with van der Waals surface area (Å²) in [6.07, 6.45) is 7.89. The monoisotopic (exact) mass is 794 g/mol. The van der Waals surface area contributed by atoms with Gasteiger partial charge in [0.05, 0.1) is 17.9 Å². The molecule has 5 aliphatic carbocycles. The predicted molar refractivity (Wildman–Crippen MR) is 223 cm³/mol. The van der Waals surface area contributed by atoms with Gasteiger partial charge in [0.15, 0.2) is 11.9 Å². The molecule has 0 heterocycles. The number of carbonyl (C=O) groups is 4. The van der Waals surface area contributed by atoms with Crippen LogP contribution in [0, 0.1) is 50.2 Å². The van der Waals surface area contributed by atoms with Gasteiger partial charge in [-0.3, -0.25) is 19.8 Å². The lowest BCUT2D eigenvalue weighted by Crippen LogP contribution is -2.70. The predicted octanol–water partition coefficient (Wildman–Crippen LogP) is 9.85. The van der Waals surface area contributed by atoms with Crippen LogP contribution in [0.4, 0.5) is 4.79 Å². The molecule has 1 amide bonds. The summed E-state index contributed by atoms with van der Waals surface area (Å²) < 4.78 is 17.6. The van der Waals surface area contributed by atoms with Gasteiger partial charge in [-0.05, 0) is 143 Å². The van der Waals surface area contributed by atoms with Crippen LogP contribution >= 0.6 is 0 Å². The molecule has 0 spiro atoms. The van der Waals surface area contributed by atoms with Crippen molar-refractivity contribution in [1.29, 1.82) is 0 Å². The molecule has 0 aliphatic heterocycles. The van der Waals surface area contributed by atoms with Gasteiger partial charge in [0.25, 0.3) is 0 Å². The number of carbonyl (C=O) groups excluding carboxylic acids is 4. The van der Waals surface area contributed by atoms with Crippen molar-refractivity contribution in [3.8, 4) is 0 Å². The van der Waals surface area contributed by atoms with Crippen LogP contribution in [0.2, 0.25) is 0 Å². The Morgan fingerprint density at radius 3 is 1.97 bits per heavy atom. The number of esters is 2. The second-order valence-corrected chi connectivity index (χ2v) is 21.0. The van der Waals surface area contributed by atoms with E-state index in [-0.39, 0.29) is 51.7 Å². The van der Waals surface area contributed by atoms with Gasteiger partial charge in [0.1, 0.15) is 5.60 Å². The minimum absolute atomic E-state index is 0.0394. The van der Waals surface area contributed by atoms with Gasteiger partial charge in [0, 0.05) is 12.0 Å². The van der Waals surface area contributed by atoms with Crippen molar-refractivity contribution in [2.45, 2.75) is 138 Å². The number of methoxy groups -OCH3 is 1. The molecule has 0 radical (unpaired) electrons. The Balaban J connectivity index is 1.19. The van der Waals surface area contributed by atoms with Crippen LogP contribution in [-0.4, -0.2) is 42.6 Å². The lowest BCUT2D eigenvalue weighted by atomic mass is 9.33. The standard InChI is InChI=1S/C49H66N2O7/c1-43(2,3)58-42(55)51-50-37-22-23-46(6)36(49(37,9)41(54)56-10)21-24-48(8)39(46)35(52)29-33-34-30-45(5,26-25-44(34,4)27-28-47(33,48)7)40(53)57-38(31-17-13-11-14-18-31)32-19-15-12-16-20-32/h11-20,29,34,36-39,50H,21-28,30H2,1-10H3,(H,51,55)/t34-,36+,37-,39+,44+,45-,46-,47+,48+,49-/m0/s1. The van der Waals surface area contributed by atoms with Crippen molar-refractivity contribution in [3.05, 3.63) is 83.4 Å². The van der Waals surface area contributed by atoms with E-state index in [1.807, 2.05) is 73.7 Å². The molecule has 7 rings (SSSR count). The molecule has 0 saturated heterocycles. The largest absolute Gasteiger partial charge is 0.469 e. The molecule has 2 aromatic rings. The molecule has 2 N–H and O–H groups in total. The number of rotatable bonds is 7. The number of hydrogen-bond acceptors (Lipinski definition) is 8. The van der Waals surface area contributed by atoms with Crippen molar-refractivity contribution in [3.63, 3.8) is 0 Å². The van der Waals surface area contributed by atoms with E-state index in [0.717, 1.165) is 49.7 Å². The van der Waals surface area contributed by atoms with Crippen molar-refractivity contribution in [2.75, 3.05) is 7.11 Å². The molecule has 0 aromatic heterocycles. The highest BCUT2D eigenvalue weighted by atomic mass is 16.6. The second kappa shape index (κ2) is 14.6. The Labute approximate surface area is 345 Å². The molecule has 314 valence electrons. The van der Waals surface area contributed by atoms with Gasteiger partial charge in [-0.2, -0.15) is 0 Å². The minimum atomic E-state index is -1.02. The lowest BCUT2D eigenvalue weighted by molar-refractivity contribution is -0.203. The molecule has 0 bridgehead atoms. The maximum absolute atomic E-state index is 15.1. The first-order chi connectivity index (χ1) is 27.2. The molecule has 4 fully saturated rings. The van der Waals surface area contributed by atoms with Crippen molar-refractivity contribution in [1.82, 2.24) is 10.9 Å². The lowest BCUT2D eigenvalue weighted by Gasteiger charge is -2.70. The van der Waals surface area contributed by atoms with Gasteiger partial charge in [-0.25, -0.2) is 10.2 Å². The summed E-state index contributed by atoms with van der Waals surface area (Å²) in [5.74, 6) is -0.824. The molecule has 4 saturated carbocycles. The number of benzene rings is 2. The van der Waals surface area contributed by atoms with Crippen LogP contribution in [0.1, 0.15) is 137 Å². The third-order valence-corrected chi connectivity index (χ3v) is 16.6. The minimum Gasteiger partial charge on any atom is -0.469 e. The fourth-order valence-electron chi connectivity index (χ4n) is 13.1. The van der Waals surface area contributed by atoms with Gasteiger partial charge in [0.2, 0.25) is 0 Å². The SMILES string of the molecule is COC(=O)[C@]1(C)[C@@H](NNC(=O)OC(C)(C)C)CC[C@@]2(C)[C@H]1CC[C@]1(C)[C@@H]2C(=O)C=C2[C@@H]3C[C@@](C)(C(=O)OC(c4ccccc4)c4ccccc4)CC[C@]3(C)CC[C@]21C. The summed E-state index contributed by atoms with van der Waals surface area (Å²) in [6.45, 7) is 18.8. The highest BCUT2D eigenvalue weighted by molar-refractivity contribution is 5.96. The van der Waals surface area contributed by atoms with E-state index in [0.29, 0.717) is 19.3 Å². The van der Waals surface area contributed by atoms with Crippen molar-refractivity contribution >= 4 is 23.8 Å². The van der Waals surface area contributed by atoms with Gasteiger partial charge < -0.3 is 14.2 Å². The highest BCUT2D eigenvalue weighted by Crippen LogP contribution is 2.75. The van der Waals surface area contributed by atoms with Crippen molar-refractivity contribution < 1.29 is 33.4 Å². The van der Waals surface area contributed by atoms with E-state index in [4.69, 9.17) is 14.2 Å². The Bertz CT molecular complexity index is 1920. The molecular formula is C49H66N2O7. The number of hydrogen-bond donors (Lipinski definition) is 2. The third kappa shape index (κ3) is 6.71. The van der Waals surface area contributed by atoms with Gasteiger partial charge in [-0.15, -0.1) is 0 Å². The first-order valence-electron chi connectivity index (χ1n) is 21.6. The fraction of sp³-hybridized carbons (Fsp3) is 0.633. The van der Waals surface area contributed by atoms with E-state index in [1.165, 1.54) is 12.7 Å². The third-order valence-electron chi connectivity index (χ3n) is 16.6. The van der Waals surface area contributed by atoms with Gasteiger partial charge in [-0.1, -0.05) is 93.9 Å². The van der Waals surface area contributed by atoms with E-state index in [1.54, 1.807) is 20.8 Å². The Hall–Kier alpha value is -3.98. The first kappa shape index (κ1) is 42.2. The zero-order valence-electron chi connectivity index (χ0n) is 36.5. The average molecular weight is 795 g/mol. The normalized spacial score (nSPS) is 38.2. The van der Waals surface area contributed by atoms with Crippen LogP contribution in [0.3, 0.4) is 0 Å². The molecule has 0 unspecified atom stereocenters. The smallest absolute Gasteiger partial charge is 0.422 e. The van der Waals surface area contributed by atoms with Crippen LogP contribution < -0.4 is 10.9 Å². The number of hydrazine groups is 1. The Kier molecular flexibility index (Phi) is 10.6. The van der Waals surface area contributed by atoms with Crippen LogP contribution in [0.15, 0.2) is 72.3 Å². The quantitative estimate of drug-likeness (QED) is 0.162. The summed E-state index contributed by atoms with van der Waals surface area (Å²) in [5, 5.41) is 0. The molecule has 58 heavy (non-hydrogen) atoms. The van der Waals surface area contributed by atoms with Gasteiger partial charge >= 0.3 is 18.0 Å². The number of nitrogens with one attached hydrogen (secondary N) is 2. The highest BCUT2D eigenvalue weighted by Gasteiger charge is 2.72. The topological polar surface area (TPSA) is 120 Å². The first-order valence-corrected chi connectivity index (χ1v) is 21.6. The van der Waals surface area contributed by atoms with E-state index in [9.17, 15) is 14.4 Å². The summed E-state index contributed by atoms with van der Waals surface area (Å²) in [7, 11) is 1.42. The number of amides is 1. The Morgan fingerprint density at radius 1 is 0.776 bits per heavy atom. The van der Waals surface area contributed by atoms with Crippen LogP contribution in [-0.2, 0) is 28.6 Å². The molecular weight excluding hydrogens is 729 g/mol. The fourth-order valence-corrected chi connectivity index (χ4v) is 13.1. The van der Waals surface area contributed by atoms with E-state index in [2.05, 4.69) is 45.5 Å². The number of ketones is 1. The number of fused-ring (bicyclic) bond motifs is 7. The van der Waals surface area contributed by atoms with Crippen molar-refractivity contribution in [2.24, 2.45) is 50.2 Å². The molecule has 2 aromatic carbocycles. The molecule has 9 nitrogen and oxygen atoms in total. The summed E-state index contributed by atoms with van der Waals surface area (Å²) in [6, 6.07) is 19.5. The van der Waals surface area contributed by atoms with E-state index >= 15 is 4.79 Å². The summed E-state index contributed by atoms with van der Waals surface area (Å²) >= 11 is 0. The second-order valence-electron chi connectivity index (χ2n) is 21.0. The number of ether oxygens (including phenoxy) is 3. The number of allylic oxidation sites excluding steroid dienone is 2. The maximum Gasteiger partial charge on any atom is 0.422 e. The zero-order valence-corrected chi connectivity index (χ0v) is 36.5. The Morgan fingerprint density at radius 2 is 1.38 bits per heavy atom. The zero-order chi connectivity index (χ0) is 42.1. The average Bonchev–Trinajstić information content (AvgIpc) is 3.17. The molecule has 9 heteroatoms. The summed E-state index contributed by atoms with van der Waals surface area (Å²) in [4.78, 5) is 56.4. The molecule has 5 aliphatic rings.